The van der Waals surface area contributed by atoms with Crippen LogP contribution >= 0.6 is 0 Å². The lowest BCUT2D eigenvalue weighted by Crippen LogP contribution is -2.34. The van der Waals surface area contributed by atoms with E-state index in [0.717, 1.165) is 63.7 Å². The maximum absolute atomic E-state index is 13.3. The Morgan fingerprint density at radius 1 is 0.737 bits per heavy atom. The Bertz CT molecular complexity index is 1590. The van der Waals surface area contributed by atoms with Crippen molar-refractivity contribution in [2.24, 2.45) is 0 Å². The van der Waals surface area contributed by atoms with Gasteiger partial charge in [0.25, 0.3) is 0 Å². The molecule has 0 aliphatic carbocycles. The van der Waals surface area contributed by atoms with E-state index in [2.05, 4.69) is 66.5 Å². The molecule has 3 aliphatic heterocycles. The number of anilines is 3. The second kappa shape index (κ2) is 8.66. The largest absolute Gasteiger partial charge is 0.456 e. The fourth-order valence-corrected chi connectivity index (χ4v) is 6.15. The molecular weight excluding hydrogens is 472 g/mol. The van der Waals surface area contributed by atoms with Crippen molar-refractivity contribution in [3.8, 4) is 11.5 Å². The molecule has 1 atom stereocenters. The minimum atomic E-state index is -1.08. The molecule has 1 N–H and O–H groups in total. The van der Waals surface area contributed by atoms with E-state index in [1.165, 1.54) is 19.3 Å². The van der Waals surface area contributed by atoms with Crippen molar-refractivity contribution < 1.29 is 14.3 Å². The topological polar surface area (TPSA) is 50.8 Å². The fraction of sp³-hybridized carbons (Fsp3) is 0.242. The van der Waals surface area contributed by atoms with Crippen molar-refractivity contribution in [3.63, 3.8) is 0 Å². The number of para-hydroxylation sites is 1. The highest BCUT2D eigenvalue weighted by Gasteiger charge is 2.53. The van der Waals surface area contributed by atoms with Gasteiger partial charge in [0.05, 0.1) is 5.56 Å². The maximum Gasteiger partial charge on any atom is 0.340 e. The van der Waals surface area contributed by atoms with E-state index in [1.54, 1.807) is 0 Å². The predicted octanol–water partition coefficient (Wildman–Crippen LogP) is 7.61. The van der Waals surface area contributed by atoms with Gasteiger partial charge in [-0.2, -0.15) is 0 Å². The summed E-state index contributed by atoms with van der Waals surface area (Å²) in [5, 5.41) is 3.61. The first-order valence-corrected chi connectivity index (χ1v) is 13.4. The summed E-state index contributed by atoms with van der Waals surface area (Å²) >= 11 is 0. The van der Waals surface area contributed by atoms with Crippen LogP contribution in [0.3, 0.4) is 0 Å². The van der Waals surface area contributed by atoms with Gasteiger partial charge < -0.3 is 19.7 Å². The molecule has 4 aromatic carbocycles. The lowest BCUT2D eigenvalue weighted by molar-refractivity contribution is 0.0224. The smallest absolute Gasteiger partial charge is 0.340 e. The lowest BCUT2D eigenvalue weighted by Gasteiger charge is -2.38. The third-order valence-electron chi connectivity index (χ3n) is 8.18. The first-order valence-electron chi connectivity index (χ1n) is 13.4. The third-order valence-corrected chi connectivity index (χ3v) is 8.18. The fourth-order valence-electron chi connectivity index (χ4n) is 6.15. The van der Waals surface area contributed by atoms with Gasteiger partial charge in [0.2, 0.25) is 0 Å². The van der Waals surface area contributed by atoms with Gasteiger partial charge in [-0.1, -0.05) is 36.4 Å². The molecular formula is C33H30N2O3. The molecule has 1 saturated heterocycles. The molecule has 1 fully saturated rings. The Balaban J connectivity index is 1.42. The molecule has 5 nitrogen and oxygen atoms in total. The molecule has 7 rings (SSSR count). The lowest BCUT2D eigenvalue weighted by atomic mass is 9.77. The number of hydrogen-bond acceptors (Lipinski definition) is 5. The SMILES string of the molecule is Cc1ccccc1Nc1cc2c(cc1C)Oc1cc(N3CCCCC3)ccc1C21OC(=O)c2ccccc21. The normalized spacial score (nSPS) is 19.3. The van der Waals surface area contributed by atoms with Crippen LogP contribution in [-0.2, 0) is 10.3 Å². The van der Waals surface area contributed by atoms with E-state index >= 15 is 0 Å². The Labute approximate surface area is 223 Å². The van der Waals surface area contributed by atoms with Crippen molar-refractivity contribution in [2.45, 2.75) is 38.7 Å². The highest BCUT2D eigenvalue weighted by Crippen LogP contribution is 2.57. The predicted molar refractivity (Wildman–Crippen MR) is 150 cm³/mol. The number of piperidine rings is 1. The second-order valence-electron chi connectivity index (χ2n) is 10.5. The van der Waals surface area contributed by atoms with Gasteiger partial charge in [0.1, 0.15) is 11.5 Å². The van der Waals surface area contributed by atoms with Crippen LogP contribution in [0, 0.1) is 13.8 Å². The Kier molecular flexibility index (Phi) is 5.22. The summed E-state index contributed by atoms with van der Waals surface area (Å²) in [6.07, 6.45) is 3.68. The summed E-state index contributed by atoms with van der Waals surface area (Å²) in [5.74, 6) is 1.14. The van der Waals surface area contributed by atoms with Crippen molar-refractivity contribution in [2.75, 3.05) is 23.3 Å². The highest BCUT2D eigenvalue weighted by atomic mass is 16.6. The third kappa shape index (κ3) is 3.42. The number of ether oxygens (including phenoxy) is 2. The molecule has 0 aromatic heterocycles. The molecule has 190 valence electrons. The molecule has 5 heteroatoms. The van der Waals surface area contributed by atoms with Gasteiger partial charge in [0, 0.05) is 52.9 Å². The van der Waals surface area contributed by atoms with Gasteiger partial charge in [-0.05, 0) is 80.6 Å². The van der Waals surface area contributed by atoms with Crippen molar-refractivity contribution in [3.05, 3.63) is 112 Å². The summed E-state index contributed by atoms with van der Waals surface area (Å²) in [4.78, 5) is 15.7. The van der Waals surface area contributed by atoms with Crippen molar-refractivity contribution in [1.29, 1.82) is 0 Å². The first kappa shape index (κ1) is 22.9. The maximum atomic E-state index is 13.3. The number of esters is 1. The van der Waals surface area contributed by atoms with E-state index < -0.39 is 5.60 Å². The van der Waals surface area contributed by atoms with Crippen LogP contribution < -0.4 is 15.0 Å². The molecule has 0 bridgehead atoms. The molecule has 1 spiro atoms. The van der Waals surface area contributed by atoms with Gasteiger partial charge in [0.15, 0.2) is 5.60 Å². The van der Waals surface area contributed by atoms with Gasteiger partial charge in [-0.25, -0.2) is 4.79 Å². The summed E-state index contributed by atoms with van der Waals surface area (Å²) < 4.78 is 13.0. The number of aryl methyl sites for hydroxylation is 2. The van der Waals surface area contributed by atoms with Crippen LogP contribution in [0.15, 0.2) is 78.9 Å². The zero-order valence-electron chi connectivity index (χ0n) is 21.7. The summed E-state index contributed by atoms with van der Waals surface area (Å²) in [6, 6.07) is 26.4. The zero-order valence-corrected chi connectivity index (χ0v) is 21.7. The van der Waals surface area contributed by atoms with Crippen LogP contribution in [0.1, 0.15) is 57.4 Å². The Hall–Kier alpha value is -4.25. The second-order valence-corrected chi connectivity index (χ2v) is 10.5. The van der Waals surface area contributed by atoms with E-state index in [9.17, 15) is 4.79 Å². The number of carbonyl (C=O) groups is 1. The number of nitrogens with zero attached hydrogens (tertiary/aromatic N) is 1. The molecule has 1 unspecified atom stereocenters. The summed E-state index contributed by atoms with van der Waals surface area (Å²) in [6.45, 7) is 6.26. The minimum absolute atomic E-state index is 0.312. The van der Waals surface area contributed by atoms with Crippen molar-refractivity contribution >= 4 is 23.0 Å². The average Bonchev–Trinajstić information content (AvgIpc) is 3.24. The molecule has 38 heavy (non-hydrogen) atoms. The van der Waals surface area contributed by atoms with E-state index in [0.29, 0.717) is 11.3 Å². The summed E-state index contributed by atoms with van der Waals surface area (Å²) in [7, 11) is 0. The van der Waals surface area contributed by atoms with Gasteiger partial charge >= 0.3 is 5.97 Å². The van der Waals surface area contributed by atoms with E-state index in [-0.39, 0.29) is 5.97 Å². The number of rotatable bonds is 3. The Morgan fingerprint density at radius 3 is 2.34 bits per heavy atom. The average molecular weight is 503 g/mol. The Morgan fingerprint density at radius 2 is 1.50 bits per heavy atom. The van der Waals surface area contributed by atoms with E-state index in [4.69, 9.17) is 9.47 Å². The molecule has 4 aromatic rings. The number of hydrogen-bond donors (Lipinski definition) is 1. The quantitative estimate of drug-likeness (QED) is 0.292. The van der Waals surface area contributed by atoms with Crippen LogP contribution in [0.25, 0.3) is 0 Å². The number of carbonyl (C=O) groups excluding carboxylic acids is 1. The number of benzene rings is 4. The van der Waals surface area contributed by atoms with Crippen LogP contribution in [0.5, 0.6) is 11.5 Å². The molecule has 0 saturated carbocycles. The number of nitrogens with one attached hydrogen (secondary N) is 1. The molecule has 0 amide bonds. The van der Waals surface area contributed by atoms with E-state index in [1.807, 2.05) is 36.4 Å². The standard InChI is InChI=1S/C33H30N2O3/c1-21-10-4-7-13-28(21)34-29-20-27-30(18-22(29)2)37-31-19-23(35-16-8-3-9-17-35)14-15-26(31)33(27)25-12-6-5-11-24(25)32(36)38-33/h4-7,10-15,18-20,34H,3,8-9,16-17H2,1-2H3. The van der Waals surface area contributed by atoms with Gasteiger partial charge in [-0.15, -0.1) is 0 Å². The van der Waals surface area contributed by atoms with Crippen LogP contribution in [0.4, 0.5) is 17.1 Å². The minimum Gasteiger partial charge on any atom is -0.456 e. The highest BCUT2D eigenvalue weighted by molar-refractivity contribution is 5.97. The molecule has 0 radical (unpaired) electrons. The zero-order chi connectivity index (χ0) is 25.9. The van der Waals surface area contributed by atoms with Gasteiger partial charge in [-0.3, -0.25) is 0 Å². The monoisotopic (exact) mass is 502 g/mol. The first-order chi connectivity index (χ1) is 18.5. The summed E-state index contributed by atoms with van der Waals surface area (Å²) in [5.41, 5.74) is 7.41. The molecule has 3 aliphatic rings. The number of fused-ring (bicyclic) bond motifs is 6. The molecule has 3 heterocycles. The van der Waals surface area contributed by atoms with Crippen LogP contribution in [0.2, 0.25) is 0 Å². The van der Waals surface area contributed by atoms with Crippen LogP contribution in [-0.4, -0.2) is 19.1 Å². The van der Waals surface area contributed by atoms with Crippen molar-refractivity contribution in [1.82, 2.24) is 0 Å².